The zero-order valence-corrected chi connectivity index (χ0v) is 6.06. The Hall–Kier alpha value is -0.513. The Balaban J connectivity index is 0. The molecule has 0 aliphatic heterocycles. The molecule has 0 heterocycles. The standard InChI is InChI=1S/CH4N2O.CH6Si/c2-1(3)4;1-2/h(H4,2,3,4);1-2H3. The van der Waals surface area contributed by atoms with E-state index in [9.17, 15) is 0 Å². The summed E-state index contributed by atoms with van der Waals surface area (Å²) in [5.41, 5.74) is 8.50. The van der Waals surface area contributed by atoms with Crippen molar-refractivity contribution in [2.75, 3.05) is 0 Å². The second-order valence-electron chi connectivity index (χ2n) is 0.402. The van der Waals surface area contributed by atoms with E-state index in [0.29, 0.717) is 0 Å². The van der Waals surface area contributed by atoms with Crippen LogP contribution in [0.4, 0.5) is 4.79 Å². The van der Waals surface area contributed by atoms with E-state index in [1.807, 2.05) is 0 Å². The molecule has 0 aromatic carbocycles. The Morgan fingerprint density at radius 3 is 1.50 bits per heavy atom. The number of urea groups is 1. The Kier molecular flexibility index (Phi) is 13.4. The maximum Gasteiger partial charge on any atom is 0.309 e. The summed E-state index contributed by atoms with van der Waals surface area (Å²) in [6.45, 7) is 2.14. The van der Waals surface area contributed by atoms with Crippen LogP contribution in [0.1, 0.15) is 0 Å². The highest BCUT2D eigenvalue weighted by molar-refractivity contribution is 6.05. The quantitative estimate of drug-likeness (QED) is 0.360. The number of primary amides is 2. The van der Waals surface area contributed by atoms with E-state index in [1.54, 1.807) is 0 Å². The maximum absolute atomic E-state index is 9.00. The van der Waals surface area contributed by atoms with Crippen LogP contribution in [-0.2, 0) is 0 Å². The summed E-state index contributed by atoms with van der Waals surface area (Å²) in [4.78, 5) is 9.00. The van der Waals surface area contributed by atoms with Gasteiger partial charge in [0, 0.05) is 0 Å². The van der Waals surface area contributed by atoms with E-state index >= 15 is 0 Å². The fourth-order valence-corrected chi connectivity index (χ4v) is 0. The summed E-state index contributed by atoms with van der Waals surface area (Å²) < 4.78 is 0. The van der Waals surface area contributed by atoms with Gasteiger partial charge in [0.15, 0.2) is 0 Å². The predicted octanol–water partition coefficient (Wildman–Crippen LogP) is -1.58. The minimum Gasteiger partial charge on any atom is -0.352 e. The molecular formula is C2H10N2OSi. The zero-order chi connectivity index (χ0) is 5.58. The summed E-state index contributed by atoms with van der Waals surface area (Å²) >= 11 is 0. The zero-order valence-electron chi connectivity index (χ0n) is 4.06. The highest BCUT2D eigenvalue weighted by atomic mass is 28.1. The second kappa shape index (κ2) is 8.82. The molecule has 0 fully saturated rings. The van der Waals surface area contributed by atoms with Crippen LogP contribution in [0.25, 0.3) is 0 Å². The number of nitrogens with two attached hydrogens (primary N) is 2. The molecule has 0 saturated carbocycles. The largest absolute Gasteiger partial charge is 0.352 e. The van der Waals surface area contributed by atoms with Crippen molar-refractivity contribution in [1.82, 2.24) is 0 Å². The molecule has 0 radical (unpaired) electrons. The van der Waals surface area contributed by atoms with Crippen molar-refractivity contribution in [3.05, 3.63) is 0 Å². The average Bonchev–Trinajstić information content (AvgIpc) is 1.41. The third-order valence-corrected chi connectivity index (χ3v) is 0. The van der Waals surface area contributed by atoms with Gasteiger partial charge in [-0.2, -0.15) is 0 Å². The topological polar surface area (TPSA) is 69.1 Å². The number of hydrogen-bond donors (Lipinski definition) is 2. The van der Waals surface area contributed by atoms with Crippen LogP contribution in [0.3, 0.4) is 0 Å². The molecule has 2 amide bonds. The molecule has 4 N–H and O–H groups in total. The summed E-state index contributed by atoms with van der Waals surface area (Å²) in [6, 6.07) is -0.833. The molecule has 4 heteroatoms. The number of rotatable bonds is 0. The summed E-state index contributed by atoms with van der Waals surface area (Å²) in [5.74, 6) is 0. The van der Waals surface area contributed by atoms with E-state index in [1.165, 1.54) is 10.2 Å². The minimum absolute atomic E-state index is 0.833. The van der Waals surface area contributed by atoms with Crippen LogP contribution in [0, 0.1) is 0 Å². The molecule has 0 rings (SSSR count). The fraction of sp³-hybridized carbons (Fsp3) is 0.500. The average molecular weight is 106 g/mol. The van der Waals surface area contributed by atoms with Crippen molar-refractivity contribution in [3.8, 4) is 0 Å². The van der Waals surface area contributed by atoms with Gasteiger partial charge in [0.25, 0.3) is 0 Å². The van der Waals surface area contributed by atoms with Gasteiger partial charge >= 0.3 is 6.03 Å². The Labute approximate surface area is 40.1 Å². The van der Waals surface area contributed by atoms with Gasteiger partial charge in [-0.05, 0) is 10.2 Å². The molecule has 0 unspecified atom stereocenters. The highest BCUT2D eigenvalue weighted by Gasteiger charge is 1.60. The molecule has 0 spiro atoms. The molecular weight excluding hydrogens is 96.1 g/mol. The van der Waals surface area contributed by atoms with Gasteiger partial charge in [-0.1, -0.05) is 6.55 Å². The van der Waals surface area contributed by atoms with Crippen LogP contribution < -0.4 is 11.5 Å². The number of hydrogen-bond acceptors (Lipinski definition) is 1. The molecule has 0 saturated heterocycles. The summed E-state index contributed by atoms with van der Waals surface area (Å²) in [6.07, 6.45) is 0. The number of carbonyl (C=O) groups is 1. The van der Waals surface area contributed by atoms with Crippen molar-refractivity contribution in [1.29, 1.82) is 0 Å². The summed E-state index contributed by atoms with van der Waals surface area (Å²) in [5, 5.41) is 0. The van der Waals surface area contributed by atoms with E-state index < -0.39 is 6.03 Å². The molecule has 0 aliphatic rings. The smallest absolute Gasteiger partial charge is 0.309 e. The van der Waals surface area contributed by atoms with E-state index in [0.717, 1.165) is 0 Å². The van der Waals surface area contributed by atoms with Crippen molar-refractivity contribution in [3.63, 3.8) is 0 Å². The second-order valence-corrected chi connectivity index (χ2v) is 0.402. The van der Waals surface area contributed by atoms with Gasteiger partial charge in [-0.15, -0.1) is 0 Å². The third-order valence-electron chi connectivity index (χ3n) is 0. The van der Waals surface area contributed by atoms with Crippen molar-refractivity contribution < 1.29 is 4.79 Å². The molecule has 0 atom stereocenters. The van der Waals surface area contributed by atoms with Gasteiger partial charge in [-0.3, -0.25) is 0 Å². The van der Waals surface area contributed by atoms with Crippen LogP contribution in [0.15, 0.2) is 0 Å². The van der Waals surface area contributed by atoms with Gasteiger partial charge in [0.05, 0.1) is 0 Å². The minimum atomic E-state index is -0.833. The first-order valence-electron chi connectivity index (χ1n) is 1.78. The van der Waals surface area contributed by atoms with Crippen molar-refractivity contribution >= 4 is 16.3 Å². The van der Waals surface area contributed by atoms with Crippen LogP contribution >= 0.6 is 0 Å². The first-order valence-corrected chi connectivity index (χ1v) is 3.78. The first-order chi connectivity index (χ1) is 2.73. The van der Waals surface area contributed by atoms with Crippen LogP contribution in [-0.4, -0.2) is 16.3 Å². The lowest BCUT2D eigenvalue weighted by atomic mass is 11.2. The number of amides is 2. The number of carbonyl (C=O) groups excluding carboxylic acids is 1. The first kappa shape index (κ1) is 9.09. The van der Waals surface area contributed by atoms with Gasteiger partial charge < -0.3 is 11.5 Å². The predicted molar refractivity (Wildman–Crippen MR) is 29.6 cm³/mol. The van der Waals surface area contributed by atoms with Crippen LogP contribution in [0.2, 0.25) is 6.55 Å². The van der Waals surface area contributed by atoms with E-state index in [2.05, 4.69) is 18.0 Å². The van der Waals surface area contributed by atoms with E-state index in [-0.39, 0.29) is 0 Å². The molecule has 0 aromatic heterocycles. The third kappa shape index (κ3) is 81.9. The van der Waals surface area contributed by atoms with E-state index in [4.69, 9.17) is 4.79 Å². The molecule has 0 bridgehead atoms. The molecule has 0 aliphatic carbocycles. The Bertz CT molecular complexity index is 34.5. The van der Waals surface area contributed by atoms with Gasteiger partial charge in [-0.25, -0.2) is 4.79 Å². The monoisotopic (exact) mass is 106 g/mol. The van der Waals surface area contributed by atoms with Crippen molar-refractivity contribution in [2.24, 2.45) is 11.5 Å². The Morgan fingerprint density at radius 1 is 1.50 bits per heavy atom. The lowest BCUT2D eigenvalue weighted by Gasteiger charge is -1.62. The molecule has 0 aromatic rings. The Morgan fingerprint density at radius 2 is 1.50 bits per heavy atom. The fourth-order valence-electron chi connectivity index (χ4n) is 0. The summed E-state index contributed by atoms with van der Waals surface area (Å²) in [7, 11) is 1.31. The van der Waals surface area contributed by atoms with Gasteiger partial charge in [0.1, 0.15) is 0 Å². The molecule has 38 valence electrons. The molecule has 6 heavy (non-hydrogen) atoms. The SMILES string of the molecule is C[SiH3].NC(N)=O. The lowest BCUT2D eigenvalue weighted by molar-refractivity contribution is 0.256. The highest BCUT2D eigenvalue weighted by Crippen LogP contribution is 1.25. The lowest BCUT2D eigenvalue weighted by Crippen LogP contribution is -2.18. The normalized spacial score (nSPS) is 5.50. The molecule has 3 nitrogen and oxygen atoms in total. The van der Waals surface area contributed by atoms with Gasteiger partial charge in [0.2, 0.25) is 0 Å². The van der Waals surface area contributed by atoms with Crippen LogP contribution in [0.5, 0.6) is 0 Å². The van der Waals surface area contributed by atoms with Crippen molar-refractivity contribution in [2.45, 2.75) is 6.55 Å². The maximum atomic E-state index is 9.00.